The highest BCUT2D eigenvalue weighted by Crippen LogP contribution is 2.50. The van der Waals surface area contributed by atoms with Crippen LogP contribution in [0.3, 0.4) is 0 Å². The highest BCUT2D eigenvalue weighted by Gasteiger charge is 2.44. The van der Waals surface area contributed by atoms with Crippen LogP contribution in [-0.4, -0.2) is 39.1 Å². The lowest BCUT2D eigenvalue weighted by molar-refractivity contribution is 0.0283. The van der Waals surface area contributed by atoms with Gasteiger partial charge in [-0.3, -0.25) is 15.0 Å². The Labute approximate surface area is 169 Å². The van der Waals surface area contributed by atoms with E-state index < -0.39 is 0 Å². The maximum atomic E-state index is 12.3. The van der Waals surface area contributed by atoms with Gasteiger partial charge in [0.05, 0.1) is 13.2 Å². The van der Waals surface area contributed by atoms with E-state index in [0.717, 1.165) is 18.4 Å². The molecule has 2 amide bonds. The third-order valence-corrected chi connectivity index (χ3v) is 5.54. The third kappa shape index (κ3) is 4.63. The van der Waals surface area contributed by atoms with Crippen molar-refractivity contribution >= 4 is 11.8 Å². The second-order valence-corrected chi connectivity index (χ2v) is 7.74. The molecule has 1 aromatic carbocycles. The zero-order valence-corrected chi connectivity index (χ0v) is 16.2. The molecule has 0 unspecified atom stereocenters. The number of benzene rings is 1. The van der Waals surface area contributed by atoms with Crippen molar-refractivity contribution in [1.29, 1.82) is 0 Å². The van der Waals surface area contributed by atoms with Gasteiger partial charge in [-0.2, -0.15) is 5.10 Å². The van der Waals surface area contributed by atoms with Gasteiger partial charge < -0.3 is 10.4 Å². The molecule has 2 aromatic heterocycles. The summed E-state index contributed by atoms with van der Waals surface area (Å²) in [4.78, 5) is 16.4. The standard InChI is InChI=1S/C22H25N5O2/c28-16-22(11-19(12-22)18-6-2-1-3-7-18)15-24-21(29)25-20-8-10-27(26-20)14-17-5-4-9-23-13-17/h1-10,13,19,28H,11-12,14-16H2,(H2,24,25,26,29). The van der Waals surface area contributed by atoms with Crippen molar-refractivity contribution < 1.29 is 9.90 Å². The summed E-state index contributed by atoms with van der Waals surface area (Å²) in [6.07, 6.45) is 7.07. The Morgan fingerprint density at radius 3 is 2.72 bits per heavy atom. The number of carbonyl (C=O) groups is 1. The number of nitrogens with zero attached hydrogens (tertiary/aromatic N) is 3. The molecule has 0 radical (unpaired) electrons. The molecule has 0 atom stereocenters. The van der Waals surface area contributed by atoms with E-state index in [-0.39, 0.29) is 18.1 Å². The van der Waals surface area contributed by atoms with E-state index in [9.17, 15) is 9.90 Å². The van der Waals surface area contributed by atoms with Gasteiger partial charge in [0.25, 0.3) is 0 Å². The highest BCUT2D eigenvalue weighted by molar-refractivity contribution is 5.88. The van der Waals surface area contributed by atoms with Gasteiger partial charge in [-0.25, -0.2) is 4.79 Å². The summed E-state index contributed by atoms with van der Waals surface area (Å²) < 4.78 is 1.75. The minimum Gasteiger partial charge on any atom is -0.396 e. The van der Waals surface area contributed by atoms with Gasteiger partial charge in [0, 0.05) is 36.6 Å². The summed E-state index contributed by atoms with van der Waals surface area (Å²) >= 11 is 0. The molecular formula is C22H25N5O2. The topological polar surface area (TPSA) is 92.1 Å². The van der Waals surface area contributed by atoms with Crippen LogP contribution in [0.25, 0.3) is 0 Å². The number of aliphatic hydroxyl groups is 1. The molecule has 0 spiro atoms. The number of pyridine rings is 1. The van der Waals surface area contributed by atoms with Crippen LogP contribution in [0.15, 0.2) is 67.1 Å². The van der Waals surface area contributed by atoms with E-state index in [1.54, 1.807) is 23.1 Å². The van der Waals surface area contributed by atoms with Gasteiger partial charge in [-0.15, -0.1) is 0 Å². The van der Waals surface area contributed by atoms with Crippen molar-refractivity contribution in [2.75, 3.05) is 18.5 Å². The van der Waals surface area contributed by atoms with E-state index in [2.05, 4.69) is 32.8 Å². The van der Waals surface area contributed by atoms with E-state index >= 15 is 0 Å². The fourth-order valence-corrected chi connectivity index (χ4v) is 3.90. The maximum Gasteiger partial charge on any atom is 0.320 e. The summed E-state index contributed by atoms with van der Waals surface area (Å²) in [5, 5.41) is 19.9. The first-order valence-electron chi connectivity index (χ1n) is 9.79. The highest BCUT2D eigenvalue weighted by atomic mass is 16.3. The summed E-state index contributed by atoms with van der Waals surface area (Å²) in [7, 11) is 0. The van der Waals surface area contributed by atoms with Crippen LogP contribution >= 0.6 is 0 Å². The van der Waals surface area contributed by atoms with E-state index in [4.69, 9.17) is 0 Å². The number of urea groups is 1. The Morgan fingerprint density at radius 1 is 1.17 bits per heavy atom. The number of carbonyl (C=O) groups excluding carboxylic acids is 1. The Balaban J connectivity index is 1.26. The van der Waals surface area contributed by atoms with E-state index in [0.29, 0.717) is 24.8 Å². The molecule has 0 saturated heterocycles. The predicted octanol–water partition coefficient (Wildman–Crippen LogP) is 3.00. The molecule has 0 aliphatic heterocycles. The number of amides is 2. The molecule has 0 bridgehead atoms. The summed E-state index contributed by atoms with van der Waals surface area (Å²) in [6.45, 7) is 1.09. The lowest BCUT2D eigenvalue weighted by Gasteiger charge is -2.47. The lowest BCUT2D eigenvalue weighted by Crippen LogP contribution is -2.48. The van der Waals surface area contributed by atoms with Gasteiger partial charge in [-0.1, -0.05) is 36.4 Å². The molecule has 29 heavy (non-hydrogen) atoms. The maximum absolute atomic E-state index is 12.3. The predicted molar refractivity (Wildman–Crippen MR) is 111 cm³/mol. The number of rotatable bonds is 7. The average molecular weight is 391 g/mol. The molecule has 7 heteroatoms. The van der Waals surface area contributed by atoms with Crippen molar-refractivity contribution in [3.05, 3.63) is 78.2 Å². The molecule has 3 aromatic rings. The molecule has 4 rings (SSSR count). The minimum absolute atomic E-state index is 0.0658. The number of nitrogens with one attached hydrogen (secondary N) is 2. The van der Waals surface area contributed by atoms with Crippen molar-refractivity contribution in [2.24, 2.45) is 5.41 Å². The van der Waals surface area contributed by atoms with Gasteiger partial charge >= 0.3 is 6.03 Å². The third-order valence-electron chi connectivity index (χ3n) is 5.54. The van der Waals surface area contributed by atoms with E-state index in [1.807, 2.05) is 36.5 Å². The molecule has 150 valence electrons. The smallest absolute Gasteiger partial charge is 0.320 e. The molecule has 1 saturated carbocycles. The van der Waals surface area contributed by atoms with Gasteiger partial charge in [0.1, 0.15) is 0 Å². The first-order chi connectivity index (χ1) is 14.2. The second-order valence-electron chi connectivity index (χ2n) is 7.74. The van der Waals surface area contributed by atoms with Crippen LogP contribution in [0, 0.1) is 5.41 Å². The first-order valence-corrected chi connectivity index (χ1v) is 9.79. The van der Waals surface area contributed by atoms with Crippen LogP contribution in [-0.2, 0) is 6.54 Å². The molecule has 1 aliphatic carbocycles. The van der Waals surface area contributed by atoms with Gasteiger partial charge in [-0.05, 0) is 36.0 Å². The van der Waals surface area contributed by atoms with Gasteiger partial charge in [0.15, 0.2) is 5.82 Å². The number of aliphatic hydroxyl groups excluding tert-OH is 1. The Morgan fingerprint density at radius 2 is 2.00 bits per heavy atom. The Kier molecular flexibility index (Phi) is 5.57. The molecule has 1 aliphatic rings. The Bertz CT molecular complexity index is 936. The van der Waals surface area contributed by atoms with Crippen molar-refractivity contribution in [3.8, 4) is 0 Å². The lowest BCUT2D eigenvalue weighted by atomic mass is 9.60. The quantitative estimate of drug-likeness (QED) is 0.577. The van der Waals surface area contributed by atoms with Crippen LogP contribution < -0.4 is 10.6 Å². The monoisotopic (exact) mass is 391 g/mol. The zero-order valence-electron chi connectivity index (χ0n) is 16.2. The number of hydrogen-bond donors (Lipinski definition) is 3. The summed E-state index contributed by atoms with van der Waals surface area (Å²) in [5.74, 6) is 0.927. The summed E-state index contributed by atoms with van der Waals surface area (Å²) in [6, 6.07) is 15.6. The van der Waals surface area contributed by atoms with Crippen molar-refractivity contribution in [1.82, 2.24) is 20.1 Å². The van der Waals surface area contributed by atoms with Crippen LogP contribution in [0.4, 0.5) is 10.6 Å². The number of anilines is 1. The number of aromatic nitrogens is 3. The summed E-state index contributed by atoms with van der Waals surface area (Å²) in [5.41, 5.74) is 2.08. The van der Waals surface area contributed by atoms with Crippen molar-refractivity contribution in [2.45, 2.75) is 25.3 Å². The molecule has 1 fully saturated rings. The Hall–Kier alpha value is -3.19. The molecular weight excluding hydrogens is 366 g/mol. The number of hydrogen-bond acceptors (Lipinski definition) is 4. The zero-order chi connectivity index (χ0) is 20.1. The van der Waals surface area contributed by atoms with Crippen LogP contribution in [0.5, 0.6) is 0 Å². The SMILES string of the molecule is O=C(NCC1(CO)CC(c2ccccc2)C1)Nc1ccn(Cc2cccnc2)n1. The fraction of sp³-hybridized carbons (Fsp3) is 0.318. The first kappa shape index (κ1) is 19.1. The average Bonchev–Trinajstić information content (AvgIpc) is 3.15. The van der Waals surface area contributed by atoms with Gasteiger partial charge in [0.2, 0.25) is 0 Å². The van der Waals surface area contributed by atoms with E-state index in [1.165, 1.54) is 5.56 Å². The normalized spacial score (nSPS) is 20.7. The van der Waals surface area contributed by atoms with Crippen molar-refractivity contribution in [3.63, 3.8) is 0 Å². The second kappa shape index (κ2) is 8.45. The molecule has 7 nitrogen and oxygen atoms in total. The minimum atomic E-state index is -0.312. The largest absolute Gasteiger partial charge is 0.396 e. The fourth-order valence-electron chi connectivity index (χ4n) is 3.90. The van der Waals surface area contributed by atoms with Crippen LogP contribution in [0.1, 0.15) is 29.9 Å². The molecule has 2 heterocycles. The molecule has 3 N–H and O–H groups in total. The van der Waals surface area contributed by atoms with Crippen LogP contribution in [0.2, 0.25) is 0 Å².